The summed E-state index contributed by atoms with van der Waals surface area (Å²) < 4.78 is 0. The minimum Gasteiger partial charge on any atom is -0.478 e. The molecule has 0 amide bonds. The van der Waals surface area contributed by atoms with E-state index in [1.165, 1.54) is 0 Å². The van der Waals surface area contributed by atoms with E-state index < -0.39 is 5.97 Å². The van der Waals surface area contributed by atoms with Crippen LogP contribution in [-0.4, -0.2) is 11.1 Å². The predicted octanol–water partition coefficient (Wildman–Crippen LogP) is 5.88. The van der Waals surface area contributed by atoms with Gasteiger partial charge in [-0.3, -0.25) is 0 Å². The summed E-state index contributed by atoms with van der Waals surface area (Å²) in [6, 6.07) is 21.3. The SMILES string of the molecule is C1=CC=CNC=C1.O=C(O)c1ccc2c3c(cccc13)C=C2.c1ccccc1. The molecule has 2 N–H and O–H groups in total. The number of aromatic carboxylic acids is 1. The molecule has 0 saturated carbocycles. The number of carbonyl (C=O) groups is 1. The topological polar surface area (TPSA) is 49.3 Å². The summed E-state index contributed by atoms with van der Waals surface area (Å²) in [4.78, 5) is 11.0. The Morgan fingerprint density at radius 1 is 0.679 bits per heavy atom. The monoisotopic (exact) mass is 367 g/mol. The fraction of sp³-hybridized carbons (Fsp3) is 0. The van der Waals surface area contributed by atoms with Crippen LogP contribution in [-0.2, 0) is 0 Å². The third kappa shape index (κ3) is 4.86. The summed E-state index contributed by atoms with van der Waals surface area (Å²) >= 11 is 0. The number of benzene rings is 3. The van der Waals surface area contributed by atoms with E-state index in [2.05, 4.69) is 5.32 Å². The normalized spacial score (nSPS) is 12.3. The summed E-state index contributed by atoms with van der Waals surface area (Å²) in [5.41, 5.74) is 2.58. The first kappa shape index (κ1) is 18.9. The van der Waals surface area contributed by atoms with Gasteiger partial charge in [-0.15, -0.1) is 0 Å². The Kier molecular flexibility index (Phi) is 6.58. The number of carboxylic acid groups (broad SMARTS) is 1. The van der Waals surface area contributed by atoms with Gasteiger partial charge in [-0.25, -0.2) is 4.79 Å². The highest BCUT2D eigenvalue weighted by Crippen LogP contribution is 2.32. The number of rotatable bonds is 1. The van der Waals surface area contributed by atoms with Crippen molar-refractivity contribution in [3.8, 4) is 0 Å². The highest BCUT2D eigenvalue weighted by atomic mass is 16.4. The molecule has 2 aliphatic rings. The molecule has 3 aromatic rings. The standard InChI is InChI=1S/C13H8O2.C6H7N.C6H6/c14-13(15)11-7-6-9-5-4-8-2-1-3-10(11)12(8)9;1-2-4-6-7-5-3-1;1-2-4-6-5-3-1/h1-7H,(H,14,15);1-7H;1-6H. The van der Waals surface area contributed by atoms with Gasteiger partial charge in [-0.1, -0.05) is 85.0 Å². The maximum absolute atomic E-state index is 11.0. The van der Waals surface area contributed by atoms with Crippen molar-refractivity contribution in [1.29, 1.82) is 0 Å². The molecule has 1 aliphatic heterocycles. The summed E-state index contributed by atoms with van der Waals surface area (Å²) in [6.45, 7) is 0. The molecule has 3 heteroatoms. The van der Waals surface area contributed by atoms with E-state index in [0.717, 1.165) is 21.9 Å². The lowest BCUT2D eigenvalue weighted by atomic mass is 9.99. The lowest BCUT2D eigenvalue weighted by molar-refractivity contribution is 0.0699. The zero-order chi connectivity index (χ0) is 19.6. The predicted molar refractivity (Wildman–Crippen MR) is 117 cm³/mol. The zero-order valence-electron chi connectivity index (χ0n) is 15.3. The molecule has 0 bridgehead atoms. The van der Waals surface area contributed by atoms with Gasteiger partial charge < -0.3 is 10.4 Å². The number of hydrogen-bond acceptors (Lipinski definition) is 2. The molecular weight excluding hydrogens is 346 g/mol. The van der Waals surface area contributed by atoms with E-state index in [1.807, 2.05) is 110 Å². The van der Waals surface area contributed by atoms with Crippen LogP contribution >= 0.6 is 0 Å². The van der Waals surface area contributed by atoms with Crippen molar-refractivity contribution < 1.29 is 9.90 Å². The maximum Gasteiger partial charge on any atom is 0.336 e. The van der Waals surface area contributed by atoms with Crippen LogP contribution in [0.1, 0.15) is 21.5 Å². The summed E-state index contributed by atoms with van der Waals surface area (Å²) in [5.74, 6) is -0.870. The molecule has 1 aliphatic carbocycles. The number of hydrogen-bond donors (Lipinski definition) is 2. The highest BCUT2D eigenvalue weighted by molar-refractivity contribution is 6.12. The summed E-state index contributed by atoms with van der Waals surface area (Å²) in [7, 11) is 0. The van der Waals surface area contributed by atoms with Crippen molar-refractivity contribution >= 4 is 28.9 Å². The van der Waals surface area contributed by atoms with Crippen LogP contribution in [0.4, 0.5) is 0 Å². The minimum absolute atomic E-state index is 0.374. The van der Waals surface area contributed by atoms with Crippen LogP contribution in [0.3, 0.4) is 0 Å². The van der Waals surface area contributed by atoms with E-state index >= 15 is 0 Å². The molecule has 28 heavy (non-hydrogen) atoms. The average Bonchev–Trinajstić information content (AvgIpc) is 2.95. The highest BCUT2D eigenvalue weighted by Gasteiger charge is 2.14. The molecule has 0 fully saturated rings. The molecule has 3 nitrogen and oxygen atoms in total. The molecular formula is C25H21NO2. The fourth-order valence-corrected chi connectivity index (χ4v) is 2.90. The Bertz CT molecular complexity index is 1010. The average molecular weight is 367 g/mol. The van der Waals surface area contributed by atoms with Gasteiger partial charge in [-0.05, 0) is 40.1 Å². The van der Waals surface area contributed by atoms with Gasteiger partial charge in [0.1, 0.15) is 0 Å². The van der Waals surface area contributed by atoms with Crippen molar-refractivity contribution in [2.75, 3.05) is 0 Å². The van der Waals surface area contributed by atoms with Crippen molar-refractivity contribution in [3.05, 3.63) is 120 Å². The largest absolute Gasteiger partial charge is 0.478 e. The molecule has 0 radical (unpaired) electrons. The molecule has 138 valence electrons. The van der Waals surface area contributed by atoms with Gasteiger partial charge >= 0.3 is 5.97 Å². The van der Waals surface area contributed by atoms with Gasteiger partial charge in [0, 0.05) is 12.4 Å². The number of carboxylic acids is 1. The first-order chi connectivity index (χ1) is 13.8. The van der Waals surface area contributed by atoms with E-state index in [9.17, 15) is 4.79 Å². The van der Waals surface area contributed by atoms with Gasteiger partial charge in [0.25, 0.3) is 0 Å². The summed E-state index contributed by atoms with van der Waals surface area (Å²) in [5, 5.41) is 13.9. The first-order valence-electron chi connectivity index (χ1n) is 8.99. The van der Waals surface area contributed by atoms with Crippen LogP contribution < -0.4 is 5.32 Å². The van der Waals surface area contributed by atoms with E-state index in [0.29, 0.717) is 5.56 Å². The Morgan fingerprint density at radius 2 is 1.25 bits per heavy atom. The summed E-state index contributed by atoms with van der Waals surface area (Å²) in [6.07, 6.45) is 15.6. The van der Waals surface area contributed by atoms with Gasteiger partial charge in [0.2, 0.25) is 0 Å². The molecule has 0 spiro atoms. The first-order valence-corrected chi connectivity index (χ1v) is 8.99. The Hall–Kier alpha value is -3.85. The van der Waals surface area contributed by atoms with E-state index in [4.69, 9.17) is 5.11 Å². The van der Waals surface area contributed by atoms with Crippen LogP contribution in [0.15, 0.2) is 103 Å². The minimum atomic E-state index is -0.870. The molecule has 5 rings (SSSR count). The van der Waals surface area contributed by atoms with Crippen LogP contribution in [0.2, 0.25) is 0 Å². The van der Waals surface area contributed by atoms with Crippen LogP contribution in [0.5, 0.6) is 0 Å². The van der Waals surface area contributed by atoms with Gasteiger partial charge in [-0.2, -0.15) is 0 Å². The molecule has 0 saturated heterocycles. The van der Waals surface area contributed by atoms with E-state index in [1.54, 1.807) is 6.07 Å². The van der Waals surface area contributed by atoms with Crippen LogP contribution in [0, 0.1) is 0 Å². The fourth-order valence-electron chi connectivity index (χ4n) is 2.90. The lowest BCUT2D eigenvalue weighted by Crippen LogP contribution is -1.97. The lowest BCUT2D eigenvalue weighted by Gasteiger charge is -2.04. The van der Waals surface area contributed by atoms with Crippen LogP contribution in [0.25, 0.3) is 22.9 Å². The quantitative estimate of drug-likeness (QED) is 0.441. The maximum atomic E-state index is 11.0. The zero-order valence-corrected chi connectivity index (χ0v) is 15.3. The van der Waals surface area contributed by atoms with Gasteiger partial charge in [0.05, 0.1) is 5.56 Å². The van der Waals surface area contributed by atoms with Crippen molar-refractivity contribution in [2.24, 2.45) is 0 Å². The molecule has 1 heterocycles. The van der Waals surface area contributed by atoms with Crippen molar-refractivity contribution in [3.63, 3.8) is 0 Å². The molecule has 0 unspecified atom stereocenters. The second-order valence-electron chi connectivity index (χ2n) is 6.04. The Balaban J connectivity index is 0.000000144. The molecule has 0 atom stereocenters. The third-order valence-electron chi connectivity index (χ3n) is 4.16. The molecule has 3 aromatic carbocycles. The Labute approximate surface area is 164 Å². The Morgan fingerprint density at radius 3 is 1.82 bits per heavy atom. The van der Waals surface area contributed by atoms with Crippen molar-refractivity contribution in [1.82, 2.24) is 5.32 Å². The third-order valence-corrected chi connectivity index (χ3v) is 4.16. The number of nitrogens with one attached hydrogen (secondary N) is 1. The van der Waals surface area contributed by atoms with Crippen molar-refractivity contribution in [2.45, 2.75) is 0 Å². The second kappa shape index (κ2) is 9.74. The van der Waals surface area contributed by atoms with E-state index in [-0.39, 0.29) is 0 Å². The molecule has 0 aromatic heterocycles. The second-order valence-corrected chi connectivity index (χ2v) is 6.04. The number of allylic oxidation sites excluding steroid dienone is 4. The van der Waals surface area contributed by atoms with Gasteiger partial charge in [0.15, 0.2) is 0 Å². The smallest absolute Gasteiger partial charge is 0.336 e.